The van der Waals surface area contributed by atoms with Gasteiger partial charge in [0.25, 0.3) is 0 Å². The SMILES string of the molecule is C=CCN(C)C(=O)[C@@H]1[C@H]2C(=O)N([C@H](CO)c3ccccc3)C(C(=O)N(CC=C)C(C)C)C23S[C@@H]1CC3C. The monoisotopic (exact) mass is 525 g/mol. The van der Waals surface area contributed by atoms with Crippen molar-refractivity contribution in [3.05, 3.63) is 61.2 Å². The summed E-state index contributed by atoms with van der Waals surface area (Å²) in [5.74, 6) is -1.53. The summed E-state index contributed by atoms with van der Waals surface area (Å²) in [6.07, 6.45) is 4.15. The standard InChI is InChI=1S/C29H39N3O4S/c1-7-14-30(6)26(34)23-22-16-19(5)29(37-22)24(23)27(35)32(21(17-33)20-12-10-9-11-13-20)25(29)28(36)31(15-8-2)18(3)4/h7-13,18-19,21-25,33H,1-2,14-17H2,3-6H3/t19?,21-,22-,23+,24+,25?,29?/m1/s1. The summed E-state index contributed by atoms with van der Waals surface area (Å²) in [4.78, 5) is 47.6. The smallest absolute Gasteiger partial charge is 0.247 e. The highest BCUT2D eigenvalue weighted by Crippen LogP contribution is 2.69. The van der Waals surface area contributed by atoms with Crippen molar-refractivity contribution in [2.24, 2.45) is 17.8 Å². The summed E-state index contributed by atoms with van der Waals surface area (Å²) in [6, 6.07) is 7.79. The van der Waals surface area contributed by atoms with E-state index in [0.29, 0.717) is 13.1 Å². The molecule has 3 unspecified atom stereocenters. The molecule has 7 nitrogen and oxygen atoms in total. The number of carbonyl (C=O) groups is 3. The molecule has 3 heterocycles. The Labute approximate surface area is 224 Å². The molecule has 3 fully saturated rings. The molecule has 3 aliphatic heterocycles. The molecule has 1 aromatic rings. The first-order valence-corrected chi connectivity index (χ1v) is 14.0. The summed E-state index contributed by atoms with van der Waals surface area (Å²) in [5.41, 5.74) is 0.770. The van der Waals surface area contributed by atoms with Crippen LogP contribution in [0.2, 0.25) is 0 Å². The molecule has 4 rings (SSSR count). The number of benzene rings is 1. The quantitative estimate of drug-likeness (QED) is 0.475. The summed E-state index contributed by atoms with van der Waals surface area (Å²) in [5, 5.41) is 10.6. The van der Waals surface area contributed by atoms with Gasteiger partial charge in [0.05, 0.1) is 29.2 Å². The first-order chi connectivity index (χ1) is 17.6. The highest BCUT2D eigenvalue weighted by atomic mass is 32.2. The minimum absolute atomic E-state index is 0.0302. The van der Waals surface area contributed by atoms with Crippen LogP contribution in [-0.2, 0) is 14.4 Å². The number of aliphatic hydroxyl groups excluding tert-OH is 1. The normalized spacial score (nSPS) is 30.8. The second-order valence-corrected chi connectivity index (χ2v) is 12.3. The zero-order valence-corrected chi connectivity index (χ0v) is 23.1. The van der Waals surface area contributed by atoms with Crippen LogP contribution in [-0.4, -0.2) is 86.4 Å². The van der Waals surface area contributed by atoms with E-state index < -0.39 is 28.7 Å². The lowest BCUT2D eigenvalue weighted by atomic mass is 9.65. The lowest BCUT2D eigenvalue weighted by Crippen LogP contribution is -2.59. The van der Waals surface area contributed by atoms with Crippen LogP contribution in [0.1, 0.15) is 38.8 Å². The van der Waals surface area contributed by atoms with Crippen LogP contribution in [0.4, 0.5) is 0 Å². The number of nitrogens with zero attached hydrogens (tertiary/aromatic N) is 3. The van der Waals surface area contributed by atoms with Gasteiger partial charge in [-0.25, -0.2) is 0 Å². The Hall–Kier alpha value is -2.58. The van der Waals surface area contributed by atoms with E-state index in [-0.39, 0.29) is 41.5 Å². The van der Waals surface area contributed by atoms with E-state index in [1.807, 2.05) is 44.2 Å². The molecule has 1 N–H and O–H groups in total. The molecule has 200 valence electrons. The average Bonchev–Trinajstić information content (AvgIpc) is 3.47. The third-order valence-corrected chi connectivity index (χ3v) is 10.5. The molecule has 1 spiro atoms. The maximum Gasteiger partial charge on any atom is 0.247 e. The molecule has 7 atom stereocenters. The Morgan fingerprint density at radius 2 is 1.84 bits per heavy atom. The minimum Gasteiger partial charge on any atom is -0.394 e. The predicted molar refractivity (Wildman–Crippen MR) is 147 cm³/mol. The van der Waals surface area contributed by atoms with Crippen LogP contribution in [0.15, 0.2) is 55.6 Å². The van der Waals surface area contributed by atoms with Crippen molar-refractivity contribution in [1.82, 2.24) is 14.7 Å². The number of rotatable bonds is 10. The number of likely N-dealkylation sites (tertiary alicyclic amines) is 1. The van der Waals surface area contributed by atoms with E-state index in [0.717, 1.165) is 12.0 Å². The Morgan fingerprint density at radius 3 is 2.41 bits per heavy atom. The van der Waals surface area contributed by atoms with Gasteiger partial charge in [0.1, 0.15) is 6.04 Å². The van der Waals surface area contributed by atoms with Crippen molar-refractivity contribution in [2.45, 2.75) is 55.3 Å². The summed E-state index contributed by atoms with van der Waals surface area (Å²) < 4.78 is -0.745. The van der Waals surface area contributed by atoms with Crippen LogP contribution in [0.3, 0.4) is 0 Å². The molecule has 1 aromatic carbocycles. The molecule has 37 heavy (non-hydrogen) atoms. The lowest BCUT2D eigenvalue weighted by Gasteiger charge is -2.43. The molecule has 0 aromatic heterocycles. The van der Waals surface area contributed by atoms with E-state index in [1.54, 1.807) is 45.7 Å². The van der Waals surface area contributed by atoms with Crippen molar-refractivity contribution in [3.8, 4) is 0 Å². The number of aliphatic hydroxyl groups is 1. The van der Waals surface area contributed by atoms with Gasteiger partial charge in [0, 0.05) is 31.4 Å². The first-order valence-electron chi connectivity index (χ1n) is 13.1. The van der Waals surface area contributed by atoms with Crippen LogP contribution >= 0.6 is 11.8 Å². The van der Waals surface area contributed by atoms with Gasteiger partial charge in [-0.3, -0.25) is 14.4 Å². The van der Waals surface area contributed by atoms with Gasteiger partial charge in [-0.2, -0.15) is 0 Å². The molecule has 3 amide bonds. The zero-order chi connectivity index (χ0) is 27.1. The number of hydrogen-bond donors (Lipinski definition) is 1. The van der Waals surface area contributed by atoms with Crippen molar-refractivity contribution in [1.29, 1.82) is 0 Å². The van der Waals surface area contributed by atoms with E-state index in [9.17, 15) is 19.5 Å². The van der Waals surface area contributed by atoms with E-state index in [1.165, 1.54) is 0 Å². The lowest BCUT2D eigenvalue weighted by molar-refractivity contribution is -0.147. The molecule has 0 radical (unpaired) electrons. The molecule has 3 saturated heterocycles. The fourth-order valence-corrected chi connectivity index (χ4v) is 9.17. The molecule has 0 saturated carbocycles. The Bertz CT molecular complexity index is 1060. The van der Waals surface area contributed by atoms with Gasteiger partial charge in [0.15, 0.2) is 0 Å². The number of carbonyl (C=O) groups excluding carboxylic acids is 3. The summed E-state index contributed by atoms with van der Waals surface area (Å²) in [6.45, 7) is 14.1. The van der Waals surface area contributed by atoms with E-state index >= 15 is 0 Å². The molecule has 8 heteroatoms. The molecular weight excluding hydrogens is 486 g/mol. The molecule has 3 aliphatic rings. The highest BCUT2D eigenvalue weighted by Gasteiger charge is 2.77. The number of hydrogen-bond acceptors (Lipinski definition) is 5. The molecule has 0 aliphatic carbocycles. The average molecular weight is 526 g/mol. The zero-order valence-electron chi connectivity index (χ0n) is 22.2. The first kappa shape index (κ1) is 27.5. The Balaban J connectivity index is 1.88. The highest BCUT2D eigenvalue weighted by molar-refractivity contribution is 8.02. The second kappa shape index (κ2) is 10.7. The predicted octanol–water partition coefficient (Wildman–Crippen LogP) is 3.12. The maximum absolute atomic E-state index is 14.5. The number of fused-ring (bicyclic) bond motifs is 1. The summed E-state index contributed by atoms with van der Waals surface area (Å²) >= 11 is 1.65. The van der Waals surface area contributed by atoms with Crippen molar-refractivity contribution in [2.75, 3.05) is 26.7 Å². The largest absolute Gasteiger partial charge is 0.394 e. The van der Waals surface area contributed by atoms with Crippen LogP contribution in [0.25, 0.3) is 0 Å². The third-order valence-electron chi connectivity index (χ3n) is 8.41. The van der Waals surface area contributed by atoms with Gasteiger partial charge < -0.3 is 19.8 Å². The Morgan fingerprint density at radius 1 is 1.19 bits per heavy atom. The minimum atomic E-state index is -0.794. The van der Waals surface area contributed by atoms with Gasteiger partial charge in [-0.05, 0) is 31.7 Å². The van der Waals surface area contributed by atoms with Gasteiger partial charge in [-0.15, -0.1) is 24.9 Å². The molecule has 2 bridgehead atoms. The fraction of sp³-hybridized carbons (Fsp3) is 0.552. The van der Waals surface area contributed by atoms with E-state index in [4.69, 9.17) is 0 Å². The van der Waals surface area contributed by atoms with E-state index in [2.05, 4.69) is 20.1 Å². The van der Waals surface area contributed by atoms with Crippen molar-refractivity contribution >= 4 is 29.5 Å². The van der Waals surface area contributed by atoms with Crippen LogP contribution in [0.5, 0.6) is 0 Å². The second-order valence-electron chi connectivity index (χ2n) is 10.8. The van der Waals surface area contributed by atoms with Crippen molar-refractivity contribution in [3.63, 3.8) is 0 Å². The molecular formula is C29H39N3O4S. The van der Waals surface area contributed by atoms with Gasteiger partial charge in [0.2, 0.25) is 17.7 Å². The van der Waals surface area contributed by atoms with Crippen molar-refractivity contribution < 1.29 is 19.5 Å². The van der Waals surface area contributed by atoms with Crippen LogP contribution in [0, 0.1) is 17.8 Å². The van der Waals surface area contributed by atoms with Crippen LogP contribution < -0.4 is 0 Å². The maximum atomic E-state index is 14.5. The topological polar surface area (TPSA) is 81.2 Å². The summed E-state index contributed by atoms with van der Waals surface area (Å²) in [7, 11) is 1.74. The Kier molecular flexibility index (Phi) is 7.91. The fourth-order valence-electron chi connectivity index (χ4n) is 6.78. The number of amides is 3. The number of likely N-dealkylation sites (N-methyl/N-ethyl adjacent to an activating group) is 1. The number of thioether (sulfide) groups is 1. The van der Waals surface area contributed by atoms with Gasteiger partial charge in [-0.1, -0.05) is 49.4 Å². The van der Waals surface area contributed by atoms with Gasteiger partial charge >= 0.3 is 0 Å². The third kappa shape index (κ3) is 4.22.